The molecule has 2 aromatic carbocycles. The molecule has 0 fully saturated rings. The Morgan fingerprint density at radius 1 is 1.19 bits per heavy atom. The number of nitrogens with one attached hydrogen (secondary N) is 1. The van der Waals surface area contributed by atoms with Gasteiger partial charge in [-0.15, -0.1) is 0 Å². The van der Waals surface area contributed by atoms with E-state index in [0.717, 1.165) is 11.1 Å². The summed E-state index contributed by atoms with van der Waals surface area (Å²) in [5.41, 5.74) is 2.15. The van der Waals surface area contributed by atoms with Crippen LogP contribution in [-0.2, 0) is 11.2 Å². The van der Waals surface area contributed by atoms with E-state index in [1.54, 1.807) is 31.2 Å². The molecule has 108 valence electrons. The monoisotopic (exact) mass is 303 g/mol. The zero-order chi connectivity index (χ0) is 15.4. The highest BCUT2D eigenvalue weighted by atomic mass is 35.5. The molecule has 0 bridgehead atoms. The summed E-state index contributed by atoms with van der Waals surface area (Å²) in [5, 5.41) is 12.2. The summed E-state index contributed by atoms with van der Waals surface area (Å²) in [6.45, 7) is 1.80. The zero-order valence-corrected chi connectivity index (χ0v) is 12.1. The SMILES string of the molecule is Cc1ccc(C(=O)O)cc1NC(=O)Cc1ccccc1Cl. The van der Waals surface area contributed by atoms with Crippen molar-refractivity contribution in [1.82, 2.24) is 0 Å². The van der Waals surface area contributed by atoms with E-state index in [4.69, 9.17) is 16.7 Å². The number of aryl methyl sites for hydroxylation is 1. The highest BCUT2D eigenvalue weighted by Gasteiger charge is 2.10. The molecule has 0 aliphatic carbocycles. The third kappa shape index (κ3) is 3.83. The molecule has 0 atom stereocenters. The first-order valence-electron chi connectivity index (χ1n) is 6.34. The number of anilines is 1. The Kier molecular flexibility index (Phi) is 4.60. The van der Waals surface area contributed by atoms with Crippen molar-refractivity contribution in [2.45, 2.75) is 13.3 Å². The Morgan fingerprint density at radius 2 is 1.90 bits per heavy atom. The van der Waals surface area contributed by atoms with E-state index in [9.17, 15) is 9.59 Å². The number of carbonyl (C=O) groups excluding carboxylic acids is 1. The highest BCUT2D eigenvalue weighted by molar-refractivity contribution is 6.31. The quantitative estimate of drug-likeness (QED) is 0.908. The Labute approximate surface area is 127 Å². The van der Waals surface area contributed by atoms with E-state index in [0.29, 0.717) is 10.7 Å². The van der Waals surface area contributed by atoms with Gasteiger partial charge >= 0.3 is 5.97 Å². The van der Waals surface area contributed by atoms with Crippen LogP contribution < -0.4 is 5.32 Å². The zero-order valence-electron chi connectivity index (χ0n) is 11.4. The predicted octanol–water partition coefficient (Wildman–Crippen LogP) is 3.53. The van der Waals surface area contributed by atoms with Gasteiger partial charge in [0.1, 0.15) is 0 Å². The van der Waals surface area contributed by atoms with Gasteiger partial charge in [0.2, 0.25) is 5.91 Å². The lowest BCUT2D eigenvalue weighted by Gasteiger charge is -2.10. The van der Waals surface area contributed by atoms with Crippen LogP contribution in [0.4, 0.5) is 5.69 Å². The molecule has 2 aromatic rings. The number of amides is 1. The van der Waals surface area contributed by atoms with Gasteiger partial charge in [0.15, 0.2) is 0 Å². The number of halogens is 1. The lowest BCUT2D eigenvalue weighted by Crippen LogP contribution is -2.16. The van der Waals surface area contributed by atoms with Crippen molar-refractivity contribution in [3.05, 3.63) is 64.2 Å². The molecular weight excluding hydrogens is 290 g/mol. The van der Waals surface area contributed by atoms with Crippen molar-refractivity contribution in [2.75, 3.05) is 5.32 Å². The molecule has 21 heavy (non-hydrogen) atoms. The smallest absolute Gasteiger partial charge is 0.335 e. The lowest BCUT2D eigenvalue weighted by molar-refractivity contribution is -0.115. The third-order valence-electron chi connectivity index (χ3n) is 3.07. The van der Waals surface area contributed by atoms with Crippen LogP contribution in [0.15, 0.2) is 42.5 Å². The molecule has 2 N–H and O–H groups in total. The molecule has 0 aromatic heterocycles. The van der Waals surface area contributed by atoms with Gasteiger partial charge in [-0.25, -0.2) is 4.79 Å². The summed E-state index contributed by atoms with van der Waals surface area (Å²) >= 11 is 6.01. The molecule has 0 radical (unpaired) electrons. The predicted molar refractivity (Wildman–Crippen MR) is 81.9 cm³/mol. The first kappa shape index (κ1) is 15.1. The van der Waals surface area contributed by atoms with E-state index < -0.39 is 5.97 Å². The molecule has 0 saturated heterocycles. The highest BCUT2D eigenvalue weighted by Crippen LogP contribution is 2.19. The largest absolute Gasteiger partial charge is 0.478 e. The van der Waals surface area contributed by atoms with Crippen LogP contribution in [0.3, 0.4) is 0 Å². The maximum Gasteiger partial charge on any atom is 0.335 e. The minimum absolute atomic E-state index is 0.133. The molecule has 4 nitrogen and oxygen atoms in total. The molecule has 2 rings (SSSR count). The average molecular weight is 304 g/mol. The minimum atomic E-state index is -1.03. The Hall–Kier alpha value is -2.33. The number of carboxylic acids is 1. The van der Waals surface area contributed by atoms with Gasteiger partial charge in [-0.05, 0) is 36.2 Å². The van der Waals surface area contributed by atoms with Crippen LogP contribution >= 0.6 is 11.6 Å². The van der Waals surface area contributed by atoms with Crippen LogP contribution in [0.5, 0.6) is 0 Å². The van der Waals surface area contributed by atoms with Crippen molar-refractivity contribution in [3.63, 3.8) is 0 Å². The second-order valence-corrected chi connectivity index (χ2v) is 5.06. The molecule has 1 amide bonds. The van der Waals surface area contributed by atoms with E-state index in [1.165, 1.54) is 12.1 Å². The van der Waals surface area contributed by atoms with E-state index in [1.807, 2.05) is 6.07 Å². The summed E-state index contributed by atoms with van der Waals surface area (Å²) in [7, 11) is 0. The van der Waals surface area contributed by atoms with Crippen LogP contribution in [0.25, 0.3) is 0 Å². The Morgan fingerprint density at radius 3 is 2.57 bits per heavy atom. The topological polar surface area (TPSA) is 66.4 Å². The van der Waals surface area contributed by atoms with Crippen LogP contribution in [0.2, 0.25) is 5.02 Å². The number of carboxylic acid groups (broad SMARTS) is 1. The van der Waals surface area contributed by atoms with Crippen molar-refractivity contribution in [3.8, 4) is 0 Å². The van der Waals surface area contributed by atoms with E-state index >= 15 is 0 Å². The Bertz CT molecular complexity index is 698. The maximum atomic E-state index is 12.1. The number of benzene rings is 2. The lowest BCUT2D eigenvalue weighted by atomic mass is 10.1. The molecule has 0 unspecified atom stereocenters. The minimum Gasteiger partial charge on any atom is -0.478 e. The van der Waals surface area contributed by atoms with Crippen molar-refractivity contribution in [1.29, 1.82) is 0 Å². The number of carbonyl (C=O) groups is 2. The molecular formula is C16H14ClNO3. The normalized spacial score (nSPS) is 10.2. The van der Waals surface area contributed by atoms with Crippen molar-refractivity contribution in [2.24, 2.45) is 0 Å². The van der Waals surface area contributed by atoms with Crippen LogP contribution in [0.1, 0.15) is 21.5 Å². The van der Waals surface area contributed by atoms with Gasteiger partial charge < -0.3 is 10.4 Å². The van der Waals surface area contributed by atoms with E-state index in [2.05, 4.69) is 5.32 Å². The molecule has 0 aliphatic heterocycles. The fourth-order valence-electron chi connectivity index (χ4n) is 1.90. The number of hydrogen-bond donors (Lipinski definition) is 2. The molecule has 5 heteroatoms. The molecule has 0 saturated carbocycles. The fourth-order valence-corrected chi connectivity index (χ4v) is 2.10. The summed E-state index contributed by atoms with van der Waals surface area (Å²) in [6.07, 6.45) is 0.135. The molecule has 0 aliphatic rings. The fraction of sp³-hybridized carbons (Fsp3) is 0.125. The standard InChI is InChI=1S/C16H14ClNO3/c1-10-6-7-12(16(20)21)8-14(10)18-15(19)9-11-4-2-3-5-13(11)17/h2-8H,9H2,1H3,(H,18,19)(H,20,21). The molecule has 0 heterocycles. The number of aromatic carboxylic acids is 1. The summed E-state index contributed by atoms with van der Waals surface area (Å²) < 4.78 is 0. The van der Waals surface area contributed by atoms with Gasteiger partial charge in [0.25, 0.3) is 0 Å². The maximum absolute atomic E-state index is 12.1. The van der Waals surface area contributed by atoms with Crippen LogP contribution in [-0.4, -0.2) is 17.0 Å². The molecule has 0 spiro atoms. The van der Waals surface area contributed by atoms with Crippen molar-refractivity contribution < 1.29 is 14.7 Å². The first-order chi connectivity index (χ1) is 9.97. The van der Waals surface area contributed by atoms with Crippen molar-refractivity contribution >= 4 is 29.2 Å². The summed E-state index contributed by atoms with van der Waals surface area (Å²) in [6, 6.07) is 11.7. The second-order valence-electron chi connectivity index (χ2n) is 4.65. The number of hydrogen-bond acceptors (Lipinski definition) is 2. The Balaban J connectivity index is 2.15. The van der Waals surface area contributed by atoms with E-state index in [-0.39, 0.29) is 17.9 Å². The van der Waals surface area contributed by atoms with Gasteiger partial charge in [0.05, 0.1) is 12.0 Å². The summed E-state index contributed by atoms with van der Waals surface area (Å²) in [5.74, 6) is -1.27. The van der Waals surface area contributed by atoms with Gasteiger partial charge in [-0.2, -0.15) is 0 Å². The number of rotatable bonds is 4. The second kappa shape index (κ2) is 6.41. The van der Waals surface area contributed by atoms with Gasteiger partial charge in [0, 0.05) is 10.7 Å². The first-order valence-corrected chi connectivity index (χ1v) is 6.72. The third-order valence-corrected chi connectivity index (χ3v) is 3.44. The average Bonchev–Trinajstić information content (AvgIpc) is 2.43. The van der Waals surface area contributed by atoms with Crippen LogP contribution in [0, 0.1) is 6.92 Å². The summed E-state index contributed by atoms with van der Waals surface area (Å²) in [4.78, 5) is 23.0. The van der Waals surface area contributed by atoms with Gasteiger partial charge in [-0.3, -0.25) is 4.79 Å². The van der Waals surface area contributed by atoms with Gasteiger partial charge in [-0.1, -0.05) is 35.9 Å².